The summed E-state index contributed by atoms with van der Waals surface area (Å²) in [6.45, 7) is 6.90. The lowest BCUT2D eigenvalue weighted by Gasteiger charge is -2.46. The molecular weight excluding hydrogens is 639 g/mol. The van der Waals surface area contributed by atoms with E-state index in [2.05, 4.69) is 116 Å². The highest BCUT2D eigenvalue weighted by Crippen LogP contribution is 2.46. The molecule has 0 amide bonds. The van der Waals surface area contributed by atoms with Gasteiger partial charge in [-0.2, -0.15) is 10.2 Å². The summed E-state index contributed by atoms with van der Waals surface area (Å²) in [5.41, 5.74) is 5.16. The van der Waals surface area contributed by atoms with Gasteiger partial charge in [0.25, 0.3) is 8.32 Å². The molecule has 0 fully saturated rings. The number of nitriles is 1. The van der Waals surface area contributed by atoms with E-state index in [1.54, 1.807) is 40.8 Å². The Morgan fingerprint density at radius 2 is 1.50 bits per heavy atom. The highest BCUT2D eigenvalue weighted by Gasteiger charge is 2.52. The van der Waals surface area contributed by atoms with Crippen LogP contribution >= 0.6 is 0 Å². The van der Waals surface area contributed by atoms with E-state index in [9.17, 15) is 10.1 Å². The third-order valence-corrected chi connectivity index (χ3v) is 15.2. The van der Waals surface area contributed by atoms with Crippen molar-refractivity contribution in [3.05, 3.63) is 143 Å². The van der Waals surface area contributed by atoms with Gasteiger partial charge in [-0.05, 0) is 57.6 Å². The standard InChI is InChI=1S/C40H37N7O2Si/c1-40(2,3)50(28-13-7-5-8-14-28,29-15-9-6-10-16-29)49-36-22-21-33(30-17-11-12-18-31(30)36)47-37-35(45(4)39(47)48)25-42-38(44-37)46-26-43-32-20-19-27(24-41)23-34(32)46/h5-20,23,25-26,33,36H,21-22H2,1-4H3/t33-,36?/m1/s1. The maximum Gasteiger partial charge on any atom is 0.330 e. The molecule has 1 aliphatic carbocycles. The molecule has 8 rings (SSSR count). The van der Waals surface area contributed by atoms with Crippen LogP contribution in [-0.2, 0) is 11.5 Å². The first-order valence-corrected chi connectivity index (χ1v) is 18.8. The van der Waals surface area contributed by atoms with Gasteiger partial charge in [-0.1, -0.05) is 106 Å². The number of aryl methyl sites for hydroxylation is 1. The van der Waals surface area contributed by atoms with Crippen molar-refractivity contribution in [1.29, 1.82) is 5.26 Å². The van der Waals surface area contributed by atoms with Crippen LogP contribution in [0.3, 0.4) is 0 Å². The number of fused-ring (bicyclic) bond motifs is 3. The Balaban J connectivity index is 1.25. The summed E-state index contributed by atoms with van der Waals surface area (Å²) >= 11 is 0. The maximum absolute atomic E-state index is 14.1. The van der Waals surface area contributed by atoms with E-state index in [1.807, 2.05) is 16.7 Å². The number of hydrogen-bond acceptors (Lipinski definition) is 6. The van der Waals surface area contributed by atoms with Crippen molar-refractivity contribution >= 4 is 40.9 Å². The van der Waals surface area contributed by atoms with Crippen LogP contribution in [-0.4, -0.2) is 37.0 Å². The highest BCUT2D eigenvalue weighted by molar-refractivity contribution is 6.99. The molecule has 0 N–H and O–H groups in total. The second-order valence-corrected chi connectivity index (χ2v) is 18.3. The van der Waals surface area contributed by atoms with Crippen molar-refractivity contribution in [2.75, 3.05) is 0 Å². The number of imidazole rings is 2. The normalized spacial score (nSPS) is 16.4. The zero-order valence-electron chi connectivity index (χ0n) is 28.5. The Morgan fingerprint density at radius 3 is 2.16 bits per heavy atom. The molecule has 0 saturated heterocycles. The molecule has 0 spiro atoms. The van der Waals surface area contributed by atoms with Crippen molar-refractivity contribution in [2.24, 2.45) is 7.05 Å². The van der Waals surface area contributed by atoms with E-state index >= 15 is 0 Å². The average Bonchev–Trinajstić information content (AvgIpc) is 3.67. The van der Waals surface area contributed by atoms with Gasteiger partial charge < -0.3 is 4.43 Å². The average molecular weight is 676 g/mol. The molecule has 7 aromatic rings. The van der Waals surface area contributed by atoms with Crippen LogP contribution in [0.25, 0.3) is 28.1 Å². The second-order valence-electron chi connectivity index (χ2n) is 14.0. The molecule has 9 nitrogen and oxygen atoms in total. The molecule has 10 heteroatoms. The molecule has 4 aromatic carbocycles. The van der Waals surface area contributed by atoms with Crippen LogP contribution < -0.4 is 16.1 Å². The van der Waals surface area contributed by atoms with E-state index in [0.29, 0.717) is 29.1 Å². The Bertz CT molecular complexity index is 2430. The minimum absolute atomic E-state index is 0.153. The molecule has 2 atom stereocenters. The number of benzene rings is 4. The van der Waals surface area contributed by atoms with E-state index in [1.165, 1.54) is 10.4 Å². The van der Waals surface area contributed by atoms with E-state index in [0.717, 1.165) is 28.6 Å². The monoisotopic (exact) mass is 675 g/mol. The zero-order chi connectivity index (χ0) is 34.6. The topological polar surface area (TPSA) is 104 Å². The Kier molecular flexibility index (Phi) is 7.62. The van der Waals surface area contributed by atoms with Gasteiger partial charge in [0, 0.05) is 7.05 Å². The lowest BCUT2D eigenvalue weighted by molar-refractivity contribution is 0.160. The van der Waals surface area contributed by atoms with Crippen LogP contribution in [0.1, 0.15) is 62.4 Å². The number of nitrogens with zero attached hydrogens (tertiary/aromatic N) is 7. The number of rotatable bonds is 6. The summed E-state index contributed by atoms with van der Waals surface area (Å²) in [5, 5.41) is 11.8. The first kappa shape index (κ1) is 31.6. The number of hydrogen-bond donors (Lipinski definition) is 0. The molecule has 1 aliphatic rings. The third kappa shape index (κ3) is 4.92. The largest absolute Gasteiger partial charge is 0.400 e. The van der Waals surface area contributed by atoms with Gasteiger partial charge in [0.1, 0.15) is 11.8 Å². The van der Waals surface area contributed by atoms with Gasteiger partial charge >= 0.3 is 5.69 Å². The Labute approximate surface area is 291 Å². The minimum atomic E-state index is -2.85. The van der Waals surface area contributed by atoms with Gasteiger partial charge in [0.2, 0.25) is 5.95 Å². The van der Waals surface area contributed by atoms with Crippen molar-refractivity contribution in [3.8, 4) is 12.0 Å². The lowest BCUT2D eigenvalue weighted by Crippen LogP contribution is -2.67. The predicted molar refractivity (Wildman–Crippen MR) is 197 cm³/mol. The molecule has 248 valence electrons. The molecule has 0 bridgehead atoms. The molecule has 0 saturated carbocycles. The van der Waals surface area contributed by atoms with Gasteiger partial charge in [0.15, 0.2) is 5.65 Å². The summed E-state index contributed by atoms with van der Waals surface area (Å²) in [6.07, 6.45) is 4.60. The Hall–Kier alpha value is -5.63. The van der Waals surface area contributed by atoms with Crippen LogP contribution in [0, 0.1) is 11.3 Å². The fourth-order valence-electron chi connectivity index (χ4n) is 7.78. The van der Waals surface area contributed by atoms with E-state index < -0.39 is 8.32 Å². The highest BCUT2D eigenvalue weighted by atomic mass is 28.4. The van der Waals surface area contributed by atoms with Crippen molar-refractivity contribution in [1.82, 2.24) is 28.7 Å². The van der Waals surface area contributed by atoms with Crippen LogP contribution in [0.4, 0.5) is 0 Å². The first-order chi connectivity index (χ1) is 24.2. The molecule has 3 heterocycles. The van der Waals surface area contributed by atoms with Crippen LogP contribution in [0.5, 0.6) is 0 Å². The van der Waals surface area contributed by atoms with Gasteiger partial charge in [-0.3, -0.25) is 13.7 Å². The van der Waals surface area contributed by atoms with Crippen LogP contribution in [0.15, 0.2) is 120 Å². The molecule has 3 aromatic heterocycles. The fraction of sp³-hybridized carbons (Fsp3) is 0.225. The summed E-state index contributed by atoms with van der Waals surface area (Å²) in [6, 6.07) is 37.1. The summed E-state index contributed by atoms with van der Waals surface area (Å²) in [4.78, 5) is 28.2. The van der Waals surface area contributed by atoms with Gasteiger partial charge in [0.05, 0.1) is 41.0 Å². The van der Waals surface area contributed by atoms with Crippen molar-refractivity contribution in [2.45, 2.75) is 50.8 Å². The third-order valence-electron chi connectivity index (χ3n) is 10.2. The van der Waals surface area contributed by atoms with Crippen molar-refractivity contribution < 1.29 is 4.43 Å². The van der Waals surface area contributed by atoms with Gasteiger partial charge in [-0.25, -0.2) is 14.8 Å². The summed E-state index contributed by atoms with van der Waals surface area (Å²) in [5.74, 6) is 0.381. The maximum atomic E-state index is 14.1. The summed E-state index contributed by atoms with van der Waals surface area (Å²) < 4.78 is 12.9. The Morgan fingerprint density at radius 1 is 0.840 bits per heavy atom. The second kappa shape index (κ2) is 12.1. The molecule has 50 heavy (non-hydrogen) atoms. The minimum Gasteiger partial charge on any atom is -0.400 e. The number of aromatic nitrogens is 6. The molecule has 0 aliphatic heterocycles. The molecule has 0 radical (unpaired) electrons. The van der Waals surface area contributed by atoms with E-state index in [-0.39, 0.29) is 22.9 Å². The lowest BCUT2D eigenvalue weighted by atomic mass is 9.85. The van der Waals surface area contributed by atoms with E-state index in [4.69, 9.17) is 9.41 Å². The van der Waals surface area contributed by atoms with Crippen LogP contribution in [0.2, 0.25) is 5.04 Å². The fourth-order valence-corrected chi connectivity index (χ4v) is 12.5. The first-order valence-electron chi connectivity index (χ1n) is 16.9. The molecule has 1 unspecified atom stereocenters. The van der Waals surface area contributed by atoms with Crippen molar-refractivity contribution in [3.63, 3.8) is 0 Å². The quantitative estimate of drug-likeness (QED) is 0.191. The predicted octanol–water partition coefficient (Wildman–Crippen LogP) is 6.34. The SMILES string of the molecule is Cn1c(=O)n([C@@H]2CCC(O[Si](c3ccccc3)(c3ccccc3)C(C)(C)C)c3ccccc32)c2nc(-n3cnc4ccc(C#N)cc43)ncc21. The summed E-state index contributed by atoms with van der Waals surface area (Å²) in [7, 11) is -1.08. The smallest absolute Gasteiger partial charge is 0.330 e. The molecular formula is C40H37N7O2Si. The van der Waals surface area contributed by atoms with Gasteiger partial charge in [-0.15, -0.1) is 0 Å². The zero-order valence-corrected chi connectivity index (χ0v) is 29.5.